The zero-order valence-electron chi connectivity index (χ0n) is 16.8. The van der Waals surface area contributed by atoms with Crippen molar-refractivity contribution in [3.05, 3.63) is 34.9 Å². The van der Waals surface area contributed by atoms with Crippen molar-refractivity contribution in [2.45, 2.75) is 57.2 Å². The Morgan fingerprint density at radius 2 is 2.06 bits per heavy atom. The lowest BCUT2D eigenvalue weighted by molar-refractivity contribution is -0.136. The van der Waals surface area contributed by atoms with Crippen molar-refractivity contribution >= 4 is 23.8 Å². The summed E-state index contributed by atoms with van der Waals surface area (Å²) in [6, 6.07) is 4.50. The molecular weight excluding hydrogens is 412 g/mol. The van der Waals surface area contributed by atoms with E-state index in [-0.39, 0.29) is 63.1 Å². The minimum absolute atomic E-state index is 0.0506. The number of rotatable bonds is 5. The molecule has 1 saturated heterocycles. The molecule has 1 aromatic carbocycles. The lowest BCUT2D eigenvalue weighted by atomic mass is 10.0. The molecule has 166 valence electrons. The van der Waals surface area contributed by atoms with Gasteiger partial charge in [-0.15, -0.1) is 0 Å². The first-order chi connectivity index (χ1) is 14.7. The molecule has 0 spiro atoms. The monoisotopic (exact) mass is 435 g/mol. The number of hydrogen-bond acceptors (Lipinski definition) is 5. The fourth-order valence-electron chi connectivity index (χ4n) is 4.31. The van der Waals surface area contributed by atoms with Crippen molar-refractivity contribution < 1.29 is 32.7 Å². The van der Waals surface area contributed by atoms with E-state index in [1.165, 1.54) is 4.90 Å². The second kappa shape index (κ2) is 8.24. The molecule has 1 aromatic rings. The molecule has 8 nitrogen and oxygen atoms in total. The second-order valence-electron chi connectivity index (χ2n) is 8.31. The second-order valence-corrected chi connectivity index (χ2v) is 8.31. The topological polar surface area (TPSA) is 105 Å². The van der Waals surface area contributed by atoms with Gasteiger partial charge in [-0.3, -0.25) is 19.7 Å². The number of carbonyl (C=O) groups excluding carboxylic acids is 4. The first-order valence-electron chi connectivity index (χ1n) is 10.3. The molecule has 2 N–H and O–H groups in total. The third-order valence-corrected chi connectivity index (χ3v) is 5.99. The van der Waals surface area contributed by atoms with E-state index in [2.05, 4.69) is 10.6 Å². The van der Waals surface area contributed by atoms with Crippen LogP contribution in [0.2, 0.25) is 0 Å². The van der Waals surface area contributed by atoms with Crippen LogP contribution in [0.5, 0.6) is 0 Å². The molecular formula is C21H23F2N3O5. The predicted molar refractivity (Wildman–Crippen MR) is 103 cm³/mol. The Labute approximate surface area is 177 Å². The quantitative estimate of drug-likeness (QED) is 0.690. The van der Waals surface area contributed by atoms with Gasteiger partial charge in [-0.25, -0.2) is 13.6 Å². The number of hydrogen-bond donors (Lipinski definition) is 2. The van der Waals surface area contributed by atoms with Gasteiger partial charge in [0.2, 0.25) is 17.7 Å². The van der Waals surface area contributed by atoms with E-state index in [0.717, 1.165) is 5.56 Å². The molecule has 0 aromatic heterocycles. The summed E-state index contributed by atoms with van der Waals surface area (Å²) in [6.07, 6.45) is -0.341. The summed E-state index contributed by atoms with van der Waals surface area (Å²) < 4.78 is 31.4. The van der Waals surface area contributed by atoms with Crippen LogP contribution in [0, 0.1) is 5.92 Å². The van der Waals surface area contributed by atoms with E-state index in [9.17, 15) is 28.0 Å². The summed E-state index contributed by atoms with van der Waals surface area (Å²) >= 11 is 0. The summed E-state index contributed by atoms with van der Waals surface area (Å²) in [5, 5.41) is 4.82. The lowest BCUT2D eigenvalue weighted by Crippen LogP contribution is -2.52. The Kier molecular flexibility index (Phi) is 5.63. The van der Waals surface area contributed by atoms with Crippen molar-refractivity contribution in [3.8, 4) is 0 Å². The van der Waals surface area contributed by atoms with Gasteiger partial charge in [-0.1, -0.05) is 12.1 Å². The molecule has 31 heavy (non-hydrogen) atoms. The number of amides is 4. The highest BCUT2D eigenvalue weighted by Gasteiger charge is 2.40. The number of piperidine rings is 1. The molecule has 1 saturated carbocycles. The van der Waals surface area contributed by atoms with Crippen LogP contribution < -0.4 is 10.6 Å². The summed E-state index contributed by atoms with van der Waals surface area (Å²) in [6.45, 7) is 0.339. The highest BCUT2D eigenvalue weighted by atomic mass is 19.3. The smallest absolute Gasteiger partial charge is 0.407 e. The number of alkyl carbamates (subject to hydrolysis) is 1. The van der Waals surface area contributed by atoms with Crippen LogP contribution in [0.15, 0.2) is 18.2 Å². The van der Waals surface area contributed by atoms with Crippen molar-refractivity contribution in [2.24, 2.45) is 5.92 Å². The molecule has 3 aliphatic rings. The third-order valence-electron chi connectivity index (χ3n) is 5.99. The molecule has 4 rings (SSSR count). The fourth-order valence-corrected chi connectivity index (χ4v) is 4.31. The van der Waals surface area contributed by atoms with E-state index < -0.39 is 24.0 Å². The minimum atomic E-state index is -2.68. The molecule has 1 aliphatic carbocycles. The van der Waals surface area contributed by atoms with Gasteiger partial charge in [0.25, 0.3) is 5.91 Å². The number of nitrogens with zero attached hydrogens (tertiary/aromatic N) is 1. The van der Waals surface area contributed by atoms with Gasteiger partial charge in [-0.2, -0.15) is 0 Å². The number of carbonyl (C=O) groups is 4. The number of benzene rings is 1. The first kappa shape index (κ1) is 21.2. The highest BCUT2D eigenvalue weighted by molar-refractivity contribution is 6.05. The van der Waals surface area contributed by atoms with Gasteiger partial charge in [0, 0.05) is 37.9 Å². The van der Waals surface area contributed by atoms with Gasteiger partial charge >= 0.3 is 6.09 Å². The molecule has 2 heterocycles. The average molecular weight is 435 g/mol. The number of alkyl halides is 2. The van der Waals surface area contributed by atoms with Crippen LogP contribution in [-0.4, -0.2) is 47.3 Å². The van der Waals surface area contributed by atoms with Gasteiger partial charge in [0.05, 0.1) is 6.61 Å². The van der Waals surface area contributed by atoms with Crippen molar-refractivity contribution in [1.29, 1.82) is 0 Å². The Balaban J connectivity index is 1.30. The van der Waals surface area contributed by atoms with Gasteiger partial charge in [0.1, 0.15) is 6.04 Å². The van der Waals surface area contributed by atoms with Crippen LogP contribution in [-0.2, 0) is 27.4 Å². The van der Waals surface area contributed by atoms with Gasteiger partial charge < -0.3 is 15.0 Å². The van der Waals surface area contributed by atoms with Crippen LogP contribution in [0.25, 0.3) is 0 Å². The largest absolute Gasteiger partial charge is 0.449 e. The van der Waals surface area contributed by atoms with E-state index in [4.69, 9.17) is 4.74 Å². The van der Waals surface area contributed by atoms with Crippen LogP contribution >= 0.6 is 0 Å². The number of fused-ring (bicyclic) bond motifs is 1. The first-order valence-corrected chi connectivity index (χ1v) is 10.3. The van der Waals surface area contributed by atoms with Crippen LogP contribution in [0.1, 0.15) is 53.6 Å². The maximum Gasteiger partial charge on any atom is 0.407 e. The molecule has 2 fully saturated rings. The average Bonchev–Trinajstić information content (AvgIpc) is 3.23. The number of halogens is 2. The van der Waals surface area contributed by atoms with E-state index in [1.54, 1.807) is 18.2 Å². The number of nitrogens with one attached hydrogen (secondary N) is 2. The predicted octanol–water partition coefficient (Wildman–Crippen LogP) is 2.11. The Bertz CT molecular complexity index is 936. The Morgan fingerprint density at radius 1 is 1.26 bits per heavy atom. The molecule has 0 bridgehead atoms. The van der Waals surface area contributed by atoms with E-state index >= 15 is 0 Å². The van der Waals surface area contributed by atoms with E-state index in [0.29, 0.717) is 17.5 Å². The third kappa shape index (κ3) is 4.67. The van der Waals surface area contributed by atoms with Crippen molar-refractivity contribution in [1.82, 2.24) is 15.5 Å². The van der Waals surface area contributed by atoms with Crippen molar-refractivity contribution in [3.63, 3.8) is 0 Å². The molecule has 2 atom stereocenters. The molecule has 2 aliphatic heterocycles. The Morgan fingerprint density at radius 3 is 2.77 bits per heavy atom. The number of ether oxygens (including phenoxy) is 1. The zero-order chi connectivity index (χ0) is 22.2. The standard InChI is InChI=1S/C21H23F2N3O5/c22-21(23)6-5-13(8-21)11-31-20(30)24-9-12-1-2-14-10-26(19(29)15(14)7-12)16-3-4-17(27)25-18(16)28/h1-2,7,13,16H,3-6,8-11H2,(H,24,30)(H,25,27,28). The van der Waals surface area contributed by atoms with E-state index in [1.807, 2.05) is 0 Å². The Hall–Kier alpha value is -3.04. The maximum absolute atomic E-state index is 13.2. The zero-order valence-corrected chi connectivity index (χ0v) is 16.8. The SMILES string of the molecule is O=C1CCC(N2Cc3ccc(CNC(=O)OCC4CCC(F)(F)C4)cc3C2=O)C(=O)N1. The summed E-state index contributed by atoms with van der Waals surface area (Å²) in [5.74, 6) is -4.12. The lowest BCUT2D eigenvalue weighted by Gasteiger charge is -2.29. The van der Waals surface area contributed by atoms with Crippen molar-refractivity contribution in [2.75, 3.05) is 6.61 Å². The van der Waals surface area contributed by atoms with Gasteiger partial charge in [0.15, 0.2) is 0 Å². The minimum Gasteiger partial charge on any atom is -0.449 e. The van der Waals surface area contributed by atoms with Gasteiger partial charge in [-0.05, 0) is 36.0 Å². The van der Waals surface area contributed by atoms with Crippen LogP contribution in [0.3, 0.4) is 0 Å². The normalized spacial score (nSPS) is 24.7. The summed E-state index contributed by atoms with van der Waals surface area (Å²) in [7, 11) is 0. The molecule has 2 unspecified atom stereocenters. The fraction of sp³-hybridized carbons (Fsp3) is 0.524. The summed E-state index contributed by atoms with van der Waals surface area (Å²) in [5.41, 5.74) is 1.88. The molecule has 10 heteroatoms. The molecule has 0 radical (unpaired) electrons. The highest BCUT2D eigenvalue weighted by Crippen LogP contribution is 2.38. The summed E-state index contributed by atoms with van der Waals surface area (Å²) in [4.78, 5) is 49.6. The van der Waals surface area contributed by atoms with Crippen LogP contribution in [0.4, 0.5) is 13.6 Å². The number of imide groups is 1. The molecule has 4 amide bonds. The maximum atomic E-state index is 13.2.